The molecule has 0 aromatic heterocycles. The van der Waals surface area contributed by atoms with Gasteiger partial charge in [0.15, 0.2) is 0 Å². The zero-order valence-electron chi connectivity index (χ0n) is 8.82. The number of hydrogen-bond acceptors (Lipinski definition) is 3. The van der Waals surface area contributed by atoms with Crippen molar-refractivity contribution < 1.29 is 5.11 Å². The summed E-state index contributed by atoms with van der Waals surface area (Å²) in [5.74, 6) is 3.51. The van der Waals surface area contributed by atoms with E-state index in [1.54, 1.807) is 0 Å². The van der Waals surface area contributed by atoms with Gasteiger partial charge in [-0.25, -0.2) is 0 Å². The Hall–Kier alpha value is 0.270. The highest BCUT2D eigenvalue weighted by molar-refractivity contribution is 7.99. The first-order valence-electron chi connectivity index (χ1n) is 5.83. The molecule has 2 saturated heterocycles. The Morgan fingerprint density at radius 2 is 2.00 bits per heavy atom. The molecule has 3 heteroatoms. The quantitative estimate of drug-likeness (QED) is 0.773. The molecule has 2 nitrogen and oxygen atoms in total. The fourth-order valence-electron chi connectivity index (χ4n) is 2.60. The van der Waals surface area contributed by atoms with Gasteiger partial charge in [0.1, 0.15) is 0 Å². The van der Waals surface area contributed by atoms with Crippen LogP contribution >= 0.6 is 11.8 Å². The van der Waals surface area contributed by atoms with Crippen LogP contribution in [0.15, 0.2) is 0 Å². The first-order chi connectivity index (χ1) is 6.90. The third-order valence-corrected chi connectivity index (χ3v) is 4.75. The molecule has 82 valence electrons. The van der Waals surface area contributed by atoms with Crippen LogP contribution in [0.5, 0.6) is 0 Å². The van der Waals surface area contributed by atoms with Gasteiger partial charge in [-0.1, -0.05) is 0 Å². The Bertz CT molecular complexity index is 163. The molecular formula is C11H21NOS. The molecular weight excluding hydrogens is 194 g/mol. The van der Waals surface area contributed by atoms with Gasteiger partial charge >= 0.3 is 0 Å². The van der Waals surface area contributed by atoms with Crippen molar-refractivity contribution in [1.29, 1.82) is 0 Å². The normalized spacial score (nSPS) is 31.1. The largest absolute Gasteiger partial charge is 0.396 e. The highest BCUT2D eigenvalue weighted by Crippen LogP contribution is 2.27. The van der Waals surface area contributed by atoms with E-state index in [2.05, 4.69) is 16.7 Å². The van der Waals surface area contributed by atoms with Crippen LogP contribution in [0.4, 0.5) is 0 Å². The molecule has 0 spiro atoms. The molecule has 14 heavy (non-hydrogen) atoms. The maximum absolute atomic E-state index is 8.88. The van der Waals surface area contributed by atoms with E-state index < -0.39 is 0 Å². The molecule has 0 bridgehead atoms. The molecule has 2 aliphatic rings. The van der Waals surface area contributed by atoms with Crippen molar-refractivity contribution in [2.24, 2.45) is 5.92 Å². The van der Waals surface area contributed by atoms with E-state index in [-0.39, 0.29) is 0 Å². The number of likely N-dealkylation sites (tertiary alicyclic amines) is 1. The van der Waals surface area contributed by atoms with Crippen LogP contribution in [-0.4, -0.2) is 47.3 Å². The third kappa shape index (κ3) is 2.65. The predicted octanol–water partition coefficient (Wildman–Crippen LogP) is 1.59. The standard InChI is InChI=1S/C11H21NOS/c13-7-3-10-1-5-12(6-2-10)11-4-8-14-9-11/h10-11,13H,1-9H2/t11-/m0/s1. The second-order valence-electron chi connectivity index (χ2n) is 4.51. The number of aliphatic hydroxyl groups excluding tert-OH is 1. The number of thioether (sulfide) groups is 1. The second-order valence-corrected chi connectivity index (χ2v) is 5.66. The van der Waals surface area contributed by atoms with Crippen molar-refractivity contribution in [3.05, 3.63) is 0 Å². The summed E-state index contributed by atoms with van der Waals surface area (Å²) in [6, 6.07) is 0.870. The number of rotatable bonds is 3. The molecule has 2 heterocycles. The van der Waals surface area contributed by atoms with Crippen LogP contribution in [0.25, 0.3) is 0 Å². The van der Waals surface area contributed by atoms with Crippen molar-refractivity contribution in [2.75, 3.05) is 31.2 Å². The van der Waals surface area contributed by atoms with Crippen molar-refractivity contribution in [1.82, 2.24) is 4.90 Å². The van der Waals surface area contributed by atoms with Gasteiger partial charge < -0.3 is 5.11 Å². The van der Waals surface area contributed by atoms with Crippen molar-refractivity contribution in [3.63, 3.8) is 0 Å². The number of hydrogen-bond donors (Lipinski definition) is 1. The Balaban J connectivity index is 1.72. The zero-order chi connectivity index (χ0) is 9.80. The fourth-order valence-corrected chi connectivity index (χ4v) is 3.85. The lowest BCUT2D eigenvalue weighted by Crippen LogP contribution is -2.41. The van der Waals surface area contributed by atoms with Gasteiger partial charge in [0.2, 0.25) is 0 Å². The summed E-state index contributed by atoms with van der Waals surface area (Å²) in [4.78, 5) is 2.67. The minimum atomic E-state index is 0.379. The minimum Gasteiger partial charge on any atom is -0.396 e. The van der Waals surface area contributed by atoms with Gasteiger partial charge in [-0.3, -0.25) is 4.90 Å². The maximum Gasteiger partial charge on any atom is 0.0433 e. The molecule has 0 aromatic carbocycles. The SMILES string of the molecule is OCCC1CCN([C@H]2CCSC2)CC1. The van der Waals surface area contributed by atoms with E-state index in [1.807, 2.05) is 0 Å². The van der Waals surface area contributed by atoms with Gasteiger partial charge in [0.05, 0.1) is 0 Å². The Morgan fingerprint density at radius 1 is 1.21 bits per heavy atom. The molecule has 2 rings (SSSR count). The van der Waals surface area contributed by atoms with Crippen LogP contribution in [-0.2, 0) is 0 Å². The van der Waals surface area contributed by atoms with Crippen molar-refractivity contribution >= 4 is 11.8 Å². The van der Waals surface area contributed by atoms with Crippen LogP contribution in [0.2, 0.25) is 0 Å². The van der Waals surface area contributed by atoms with Gasteiger partial charge in [-0.15, -0.1) is 0 Å². The summed E-state index contributed by atoms with van der Waals surface area (Å²) >= 11 is 2.11. The van der Waals surface area contributed by atoms with Crippen molar-refractivity contribution in [3.8, 4) is 0 Å². The number of aliphatic hydroxyl groups is 1. The lowest BCUT2D eigenvalue weighted by molar-refractivity contribution is 0.128. The summed E-state index contributed by atoms with van der Waals surface area (Å²) in [7, 11) is 0. The average Bonchev–Trinajstić information content (AvgIpc) is 2.72. The van der Waals surface area contributed by atoms with E-state index in [1.165, 1.54) is 43.9 Å². The highest BCUT2D eigenvalue weighted by atomic mass is 32.2. The Morgan fingerprint density at radius 3 is 2.57 bits per heavy atom. The topological polar surface area (TPSA) is 23.5 Å². The average molecular weight is 215 g/mol. The maximum atomic E-state index is 8.88. The van der Waals surface area contributed by atoms with E-state index in [9.17, 15) is 0 Å². The third-order valence-electron chi connectivity index (χ3n) is 3.61. The van der Waals surface area contributed by atoms with Crippen molar-refractivity contribution in [2.45, 2.75) is 31.7 Å². The molecule has 0 aliphatic carbocycles. The van der Waals surface area contributed by atoms with Crippen LogP contribution in [0.3, 0.4) is 0 Å². The van der Waals surface area contributed by atoms with Crippen LogP contribution < -0.4 is 0 Å². The van der Waals surface area contributed by atoms with E-state index in [4.69, 9.17) is 5.11 Å². The first kappa shape index (κ1) is 10.8. The molecule has 0 saturated carbocycles. The zero-order valence-corrected chi connectivity index (χ0v) is 9.64. The Labute approximate surface area is 91.1 Å². The highest BCUT2D eigenvalue weighted by Gasteiger charge is 2.26. The van der Waals surface area contributed by atoms with Gasteiger partial charge in [-0.2, -0.15) is 11.8 Å². The lowest BCUT2D eigenvalue weighted by atomic mass is 9.93. The summed E-state index contributed by atoms with van der Waals surface area (Å²) in [6.45, 7) is 2.93. The predicted molar refractivity (Wildman–Crippen MR) is 61.7 cm³/mol. The number of piperidine rings is 1. The van der Waals surface area contributed by atoms with Crippen LogP contribution in [0.1, 0.15) is 25.7 Å². The van der Waals surface area contributed by atoms with E-state index >= 15 is 0 Å². The first-order valence-corrected chi connectivity index (χ1v) is 6.98. The van der Waals surface area contributed by atoms with E-state index in [0.29, 0.717) is 6.61 Å². The molecule has 0 radical (unpaired) electrons. The molecule has 0 unspecified atom stereocenters. The fraction of sp³-hybridized carbons (Fsp3) is 1.00. The summed E-state index contributed by atoms with van der Waals surface area (Å²) in [6.07, 6.45) is 5.03. The summed E-state index contributed by atoms with van der Waals surface area (Å²) < 4.78 is 0. The molecule has 1 atom stereocenters. The second kappa shape index (κ2) is 5.38. The monoisotopic (exact) mass is 215 g/mol. The molecule has 2 aliphatic heterocycles. The smallest absolute Gasteiger partial charge is 0.0433 e. The molecule has 2 fully saturated rings. The van der Waals surface area contributed by atoms with Crippen LogP contribution in [0, 0.1) is 5.92 Å². The molecule has 0 aromatic rings. The minimum absolute atomic E-state index is 0.379. The van der Waals surface area contributed by atoms with Gasteiger partial charge in [0.25, 0.3) is 0 Å². The lowest BCUT2D eigenvalue weighted by Gasteiger charge is -2.35. The summed E-state index contributed by atoms with van der Waals surface area (Å²) in [5, 5.41) is 8.88. The number of nitrogens with zero attached hydrogens (tertiary/aromatic N) is 1. The summed E-state index contributed by atoms with van der Waals surface area (Å²) in [5.41, 5.74) is 0. The molecule has 0 amide bonds. The van der Waals surface area contributed by atoms with Gasteiger partial charge in [-0.05, 0) is 50.4 Å². The Kier molecular flexibility index (Phi) is 4.14. The molecule has 1 N–H and O–H groups in total. The van der Waals surface area contributed by atoms with Gasteiger partial charge in [0, 0.05) is 18.4 Å². The van der Waals surface area contributed by atoms with E-state index in [0.717, 1.165) is 18.4 Å².